The third-order valence-corrected chi connectivity index (χ3v) is 5.10. The largest absolute Gasteiger partial charge is 0.416 e. The van der Waals surface area contributed by atoms with E-state index in [1.165, 1.54) is 10.7 Å². The number of hydrogen-bond donors (Lipinski definition) is 2. The second kappa shape index (κ2) is 7.95. The number of hydrogen-bond acceptors (Lipinski definition) is 3. The Morgan fingerprint density at radius 1 is 1.32 bits per heavy atom. The van der Waals surface area contributed by atoms with Crippen molar-refractivity contribution in [2.45, 2.75) is 52.4 Å². The molecule has 0 bridgehead atoms. The van der Waals surface area contributed by atoms with Gasteiger partial charge in [-0.15, -0.1) is 0 Å². The number of aryl methyl sites for hydroxylation is 2. The van der Waals surface area contributed by atoms with Gasteiger partial charge in [0.1, 0.15) is 0 Å². The molecule has 5 nitrogen and oxygen atoms in total. The van der Waals surface area contributed by atoms with Gasteiger partial charge >= 0.3 is 6.18 Å². The highest BCUT2D eigenvalue weighted by Crippen LogP contribution is 2.34. The molecule has 2 atom stereocenters. The fourth-order valence-corrected chi connectivity index (χ4v) is 3.70. The van der Waals surface area contributed by atoms with Crippen LogP contribution in [0.5, 0.6) is 0 Å². The molecule has 2 heterocycles. The Hall–Kier alpha value is -2.35. The molecular formula is C20H25F3N4O. The number of piperidine rings is 1. The van der Waals surface area contributed by atoms with Crippen molar-refractivity contribution in [3.63, 3.8) is 0 Å². The average Bonchev–Trinajstić information content (AvgIpc) is 2.97. The van der Waals surface area contributed by atoms with Crippen molar-refractivity contribution in [2.75, 3.05) is 6.54 Å². The zero-order valence-corrected chi connectivity index (χ0v) is 16.2. The Morgan fingerprint density at radius 3 is 2.68 bits per heavy atom. The number of rotatable bonds is 4. The van der Waals surface area contributed by atoms with Gasteiger partial charge in [-0.1, -0.05) is 6.07 Å². The molecule has 28 heavy (non-hydrogen) atoms. The number of alkyl halides is 3. The summed E-state index contributed by atoms with van der Waals surface area (Å²) in [6.45, 7) is 6.17. The first-order chi connectivity index (χ1) is 13.1. The van der Waals surface area contributed by atoms with Crippen LogP contribution in [0.3, 0.4) is 0 Å². The number of halogens is 3. The molecule has 0 spiro atoms. The van der Waals surface area contributed by atoms with Crippen LogP contribution in [0, 0.1) is 19.8 Å². The van der Waals surface area contributed by atoms with Crippen molar-refractivity contribution < 1.29 is 18.0 Å². The van der Waals surface area contributed by atoms with E-state index in [9.17, 15) is 18.0 Å². The van der Waals surface area contributed by atoms with Crippen LogP contribution in [-0.2, 0) is 17.5 Å². The molecule has 1 aromatic carbocycles. The summed E-state index contributed by atoms with van der Waals surface area (Å²) >= 11 is 0. The number of carbonyl (C=O) groups excluding carboxylic acids is 1. The maximum atomic E-state index is 13.6. The second-order valence-corrected chi connectivity index (χ2v) is 7.47. The van der Waals surface area contributed by atoms with E-state index in [4.69, 9.17) is 0 Å². The van der Waals surface area contributed by atoms with Crippen LogP contribution in [0.4, 0.5) is 13.2 Å². The number of aromatic nitrogens is 2. The quantitative estimate of drug-likeness (QED) is 0.834. The second-order valence-electron chi connectivity index (χ2n) is 7.47. The monoisotopic (exact) mass is 394 g/mol. The number of carbonyl (C=O) groups is 1. The van der Waals surface area contributed by atoms with Gasteiger partial charge in [-0.05, 0) is 63.9 Å². The zero-order chi connectivity index (χ0) is 20.5. The molecule has 1 amide bonds. The summed E-state index contributed by atoms with van der Waals surface area (Å²) in [6, 6.07) is 6.15. The highest BCUT2D eigenvalue weighted by atomic mass is 19.4. The molecule has 0 saturated carbocycles. The van der Waals surface area contributed by atoms with E-state index in [-0.39, 0.29) is 30.0 Å². The van der Waals surface area contributed by atoms with Crippen molar-refractivity contribution >= 4 is 5.91 Å². The molecule has 0 aliphatic carbocycles. The molecule has 3 rings (SSSR count). The SMILES string of the molecule is Cc1cc(C)n(-c2ccc(CNC(=O)[C@H]3CCN[C@@H](C)C3)c(C(F)(F)F)c2)n1. The van der Waals surface area contributed by atoms with Crippen LogP contribution in [0.1, 0.15) is 42.3 Å². The van der Waals surface area contributed by atoms with E-state index in [1.807, 2.05) is 6.92 Å². The summed E-state index contributed by atoms with van der Waals surface area (Å²) in [5, 5.41) is 10.2. The van der Waals surface area contributed by atoms with Crippen molar-refractivity contribution in [3.05, 3.63) is 46.8 Å². The van der Waals surface area contributed by atoms with Crippen LogP contribution in [-0.4, -0.2) is 28.3 Å². The maximum absolute atomic E-state index is 13.6. The number of benzene rings is 1. The van der Waals surface area contributed by atoms with Gasteiger partial charge in [0.05, 0.1) is 16.9 Å². The van der Waals surface area contributed by atoms with Gasteiger partial charge in [0.2, 0.25) is 5.91 Å². The first-order valence-corrected chi connectivity index (χ1v) is 9.40. The van der Waals surface area contributed by atoms with Crippen molar-refractivity contribution in [3.8, 4) is 5.69 Å². The number of nitrogens with zero attached hydrogens (tertiary/aromatic N) is 2. The molecule has 1 saturated heterocycles. The fourth-order valence-electron chi connectivity index (χ4n) is 3.70. The Morgan fingerprint density at radius 2 is 2.07 bits per heavy atom. The molecule has 1 fully saturated rings. The van der Waals surface area contributed by atoms with Crippen LogP contribution >= 0.6 is 0 Å². The molecule has 2 N–H and O–H groups in total. The first-order valence-electron chi connectivity index (χ1n) is 9.40. The Labute approximate surface area is 162 Å². The van der Waals surface area contributed by atoms with Crippen molar-refractivity contribution in [2.24, 2.45) is 5.92 Å². The lowest BCUT2D eigenvalue weighted by Crippen LogP contribution is -2.42. The summed E-state index contributed by atoms with van der Waals surface area (Å²) in [5.41, 5.74) is 1.13. The number of amides is 1. The van der Waals surface area contributed by atoms with Crippen molar-refractivity contribution in [1.29, 1.82) is 0 Å². The zero-order valence-electron chi connectivity index (χ0n) is 16.2. The number of nitrogens with one attached hydrogen (secondary N) is 2. The maximum Gasteiger partial charge on any atom is 0.416 e. The Kier molecular flexibility index (Phi) is 5.79. The first kappa shape index (κ1) is 20.4. The molecule has 0 radical (unpaired) electrons. The third-order valence-electron chi connectivity index (χ3n) is 5.10. The summed E-state index contributed by atoms with van der Waals surface area (Å²) in [7, 11) is 0. The van der Waals surface area contributed by atoms with Gasteiger partial charge in [0.15, 0.2) is 0 Å². The summed E-state index contributed by atoms with van der Waals surface area (Å²) in [6.07, 6.45) is -3.14. The predicted octanol–water partition coefficient (Wildman–Crippen LogP) is 3.51. The normalized spacial score (nSPS) is 20.2. The molecule has 8 heteroatoms. The van der Waals surface area contributed by atoms with Gasteiger partial charge in [-0.25, -0.2) is 4.68 Å². The van der Waals surface area contributed by atoms with E-state index >= 15 is 0 Å². The molecule has 1 aliphatic rings. The summed E-state index contributed by atoms with van der Waals surface area (Å²) in [5.74, 6) is -0.358. The average molecular weight is 394 g/mol. The molecule has 152 valence electrons. The Bertz CT molecular complexity index is 860. The highest BCUT2D eigenvalue weighted by Gasteiger charge is 2.34. The van der Waals surface area contributed by atoms with Gasteiger partial charge in [-0.2, -0.15) is 18.3 Å². The molecule has 2 aromatic rings. The lowest BCUT2D eigenvalue weighted by molar-refractivity contribution is -0.138. The van der Waals surface area contributed by atoms with E-state index in [1.54, 1.807) is 26.0 Å². The third kappa shape index (κ3) is 4.55. The fraction of sp³-hybridized carbons (Fsp3) is 0.500. The van der Waals surface area contributed by atoms with Gasteiger partial charge in [-0.3, -0.25) is 4.79 Å². The van der Waals surface area contributed by atoms with E-state index in [0.29, 0.717) is 18.5 Å². The summed E-state index contributed by atoms with van der Waals surface area (Å²) in [4.78, 5) is 12.4. The minimum atomic E-state index is -4.52. The van der Waals surface area contributed by atoms with Crippen LogP contribution < -0.4 is 10.6 Å². The van der Waals surface area contributed by atoms with Crippen LogP contribution in [0.15, 0.2) is 24.3 Å². The molecule has 1 aliphatic heterocycles. The lowest BCUT2D eigenvalue weighted by atomic mass is 9.92. The molecule has 1 aromatic heterocycles. The van der Waals surface area contributed by atoms with E-state index < -0.39 is 11.7 Å². The van der Waals surface area contributed by atoms with E-state index in [2.05, 4.69) is 15.7 Å². The minimum absolute atomic E-state index is 0.0492. The molecular weight excluding hydrogens is 369 g/mol. The van der Waals surface area contributed by atoms with Crippen molar-refractivity contribution in [1.82, 2.24) is 20.4 Å². The van der Waals surface area contributed by atoms with Gasteiger partial charge in [0, 0.05) is 24.2 Å². The standard InChI is InChI=1S/C20H25F3N4O/c1-12-9-15(6-7-24-12)19(28)25-11-16-4-5-17(10-18(16)20(21,22)23)27-14(3)8-13(2)26-27/h4-5,8,10,12,15,24H,6-7,9,11H2,1-3H3,(H,25,28)/t12-,15-/m0/s1. The lowest BCUT2D eigenvalue weighted by Gasteiger charge is -2.27. The smallest absolute Gasteiger partial charge is 0.352 e. The van der Waals surface area contributed by atoms with Gasteiger partial charge < -0.3 is 10.6 Å². The highest BCUT2D eigenvalue weighted by molar-refractivity contribution is 5.78. The minimum Gasteiger partial charge on any atom is -0.352 e. The van der Waals surface area contributed by atoms with Crippen LogP contribution in [0.2, 0.25) is 0 Å². The van der Waals surface area contributed by atoms with Gasteiger partial charge in [0.25, 0.3) is 0 Å². The topological polar surface area (TPSA) is 59.0 Å². The van der Waals surface area contributed by atoms with Crippen LogP contribution in [0.25, 0.3) is 5.69 Å². The predicted molar refractivity (Wildman–Crippen MR) is 100 cm³/mol. The summed E-state index contributed by atoms with van der Waals surface area (Å²) < 4.78 is 42.4. The Balaban J connectivity index is 1.80. The molecule has 0 unspecified atom stereocenters. The van der Waals surface area contributed by atoms with E-state index in [0.717, 1.165) is 24.0 Å².